The van der Waals surface area contributed by atoms with Crippen LogP contribution >= 0.6 is 0 Å². The SMILES string of the molecule is COC(C(O)(CC(=O)[O-])C(C)=O)[N+](C)(C)C. The Balaban J connectivity index is 5.31. The van der Waals surface area contributed by atoms with Gasteiger partial charge in [-0.05, 0) is 6.92 Å². The van der Waals surface area contributed by atoms with E-state index in [-0.39, 0.29) is 4.48 Å². The highest BCUT2D eigenvalue weighted by Crippen LogP contribution is 2.24. The molecule has 0 spiro atoms. The fourth-order valence-corrected chi connectivity index (χ4v) is 1.76. The molecule has 1 N–H and O–H groups in total. The number of hydrogen-bond donors (Lipinski definition) is 1. The Bertz CT molecular complexity index is 283. The third-order valence-corrected chi connectivity index (χ3v) is 2.36. The summed E-state index contributed by atoms with van der Waals surface area (Å²) in [6.07, 6.45) is -1.75. The number of quaternary nitrogens is 1. The largest absolute Gasteiger partial charge is 0.550 e. The van der Waals surface area contributed by atoms with Crippen LogP contribution in [0.4, 0.5) is 0 Å². The number of likely N-dealkylation sites (N-methyl/N-ethyl adjacent to an activating group) is 1. The van der Waals surface area contributed by atoms with Gasteiger partial charge in [-0.25, -0.2) is 0 Å². The van der Waals surface area contributed by atoms with Crippen molar-refractivity contribution in [2.45, 2.75) is 25.2 Å². The molecule has 6 heteroatoms. The molecule has 0 heterocycles. The normalized spacial score (nSPS) is 17.6. The van der Waals surface area contributed by atoms with Crippen LogP contribution in [0.15, 0.2) is 0 Å². The van der Waals surface area contributed by atoms with Crippen molar-refractivity contribution in [1.82, 2.24) is 0 Å². The molecule has 0 saturated carbocycles. The van der Waals surface area contributed by atoms with Crippen molar-refractivity contribution < 1.29 is 29.0 Å². The van der Waals surface area contributed by atoms with E-state index in [0.29, 0.717) is 0 Å². The van der Waals surface area contributed by atoms with Crippen molar-refractivity contribution in [3.8, 4) is 0 Å². The summed E-state index contributed by atoms with van der Waals surface area (Å²) >= 11 is 0. The first-order valence-electron chi connectivity index (χ1n) is 4.83. The Morgan fingerprint density at radius 1 is 1.44 bits per heavy atom. The zero-order chi connectivity index (χ0) is 13.1. The second-order valence-corrected chi connectivity index (χ2v) is 4.73. The first kappa shape index (κ1) is 15.0. The number of hydrogen-bond acceptors (Lipinski definition) is 5. The lowest BCUT2D eigenvalue weighted by Crippen LogP contribution is -2.64. The molecular formula is C10H19NO5. The summed E-state index contributed by atoms with van der Waals surface area (Å²) in [5.41, 5.74) is -2.08. The third-order valence-electron chi connectivity index (χ3n) is 2.36. The van der Waals surface area contributed by atoms with Crippen LogP contribution in [0.2, 0.25) is 0 Å². The molecule has 0 aliphatic heterocycles. The topological polar surface area (TPSA) is 86.7 Å². The second kappa shape index (κ2) is 4.90. The van der Waals surface area contributed by atoms with E-state index < -0.39 is 30.0 Å². The number of carbonyl (C=O) groups is 2. The van der Waals surface area contributed by atoms with Crippen LogP contribution in [0.3, 0.4) is 0 Å². The zero-order valence-corrected chi connectivity index (χ0v) is 10.3. The van der Waals surface area contributed by atoms with Gasteiger partial charge in [-0.3, -0.25) is 4.79 Å². The minimum absolute atomic E-state index is 0.0971. The van der Waals surface area contributed by atoms with E-state index in [1.54, 1.807) is 21.1 Å². The fraction of sp³-hybridized carbons (Fsp3) is 0.800. The number of ketones is 1. The monoisotopic (exact) mass is 233 g/mol. The van der Waals surface area contributed by atoms with Gasteiger partial charge >= 0.3 is 0 Å². The van der Waals surface area contributed by atoms with Crippen LogP contribution in [0.1, 0.15) is 13.3 Å². The predicted molar refractivity (Wildman–Crippen MR) is 54.1 cm³/mol. The van der Waals surface area contributed by atoms with Crippen LogP contribution in [0.5, 0.6) is 0 Å². The molecule has 2 unspecified atom stereocenters. The maximum Gasteiger partial charge on any atom is 0.229 e. The zero-order valence-electron chi connectivity index (χ0n) is 10.3. The third kappa shape index (κ3) is 3.26. The number of methoxy groups -OCH3 is 1. The summed E-state index contributed by atoms with van der Waals surface area (Å²) in [5.74, 6) is -2.15. The van der Waals surface area contributed by atoms with Crippen LogP contribution in [-0.4, -0.2) is 61.4 Å². The smallest absolute Gasteiger partial charge is 0.229 e. The molecule has 0 amide bonds. The van der Waals surface area contributed by atoms with Gasteiger partial charge in [0.2, 0.25) is 11.8 Å². The van der Waals surface area contributed by atoms with Crippen molar-refractivity contribution in [2.24, 2.45) is 0 Å². The molecule has 0 aromatic heterocycles. The number of aliphatic carboxylic acids is 1. The lowest BCUT2D eigenvalue weighted by molar-refractivity contribution is -0.925. The number of aliphatic hydroxyl groups is 1. The van der Waals surface area contributed by atoms with Gasteiger partial charge in [-0.15, -0.1) is 0 Å². The summed E-state index contributed by atoms with van der Waals surface area (Å²) in [6, 6.07) is 0. The molecule has 6 nitrogen and oxygen atoms in total. The lowest BCUT2D eigenvalue weighted by atomic mass is 9.91. The Labute approximate surface area is 95.0 Å². The van der Waals surface area contributed by atoms with Crippen LogP contribution < -0.4 is 5.11 Å². The second-order valence-electron chi connectivity index (χ2n) is 4.73. The molecular weight excluding hydrogens is 214 g/mol. The number of rotatable bonds is 6. The first-order valence-corrected chi connectivity index (χ1v) is 4.83. The molecule has 94 valence electrons. The first-order chi connectivity index (χ1) is 7.05. The van der Waals surface area contributed by atoms with E-state index in [4.69, 9.17) is 4.74 Å². The molecule has 0 aliphatic rings. The van der Waals surface area contributed by atoms with E-state index in [1.165, 1.54) is 7.11 Å². The summed E-state index contributed by atoms with van der Waals surface area (Å²) < 4.78 is 5.15. The fourth-order valence-electron chi connectivity index (χ4n) is 1.76. The molecule has 16 heavy (non-hydrogen) atoms. The van der Waals surface area contributed by atoms with Gasteiger partial charge < -0.3 is 24.2 Å². The maximum absolute atomic E-state index is 11.4. The van der Waals surface area contributed by atoms with Gasteiger partial charge in [0.05, 0.1) is 21.1 Å². The van der Waals surface area contributed by atoms with Crippen LogP contribution in [0.25, 0.3) is 0 Å². The van der Waals surface area contributed by atoms with Crippen molar-refractivity contribution in [3.63, 3.8) is 0 Å². The van der Waals surface area contributed by atoms with Gasteiger partial charge in [0.1, 0.15) is 0 Å². The molecule has 0 radical (unpaired) electrons. The average molecular weight is 233 g/mol. The minimum Gasteiger partial charge on any atom is -0.550 e. The van der Waals surface area contributed by atoms with E-state index >= 15 is 0 Å². The Hall–Kier alpha value is -0.980. The molecule has 0 saturated heterocycles. The highest BCUT2D eigenvalue weighted by atomic mass is 16.5. The van der Waals surface area contributed by atoms with E-state index in [0.717, 1.165) is 6.92 Å². The molecule has 0 aromatic carbocycles. The van der Waals surface area contributed by atoms with E-state index in [1.807, 2.05) is 0 Å². The molecule has 2 atom stereocenters. The van der Waals surface area contributed by atoms with Crippen LogP contribution in [-0.2, 0) is 14.3 Å². The standard InChI is InChI=1S/C10H19NO5/c1-7(12)10(15,6-8(13)14)9(16-5)11(2,3)4/h9,15H,6H2,1-5H3. The molecule has 0 rings (SSSR count). The highest BCUT2D eigenvalue weighted by molar-refractivity contribution is 5.89. The summed E-state index contributed by atoms with van der Waals surface area (Å²) in [6.45, 7) is 1.13. The average Bonchev–Trinajstić information content (AvgIpc) is 1.99. The predicted octanol–water partition coefficient (Wildman–Crippen LogP) is -1.87. The van der Waals surface area contributed by atoms with Gasteiger partial charge in [0, 0.05) is 19.5 Å². The highest BCUT2D eigenvalue weighted by Gasteiger charge is 2.49. The van der Waals surface area contributed by atoms with Gasteiger partial charge in [0.25, 0.3) is 0 Å². The molecule has 0 aliphatic carbocycles. The Morgan fingerprint density at radius 2 is 1.88 bits per heavy atom. The number of carboxylic acid groups (broad SMARTS) is 1. The van der Waals surface area contributed by atoms with E-state index in [9.17, 15) is 19.8 Å². The molecule has 0 bridgehead atoms. The number of Topliss-reactive ketones (excluding diaryl/α,β-unsaturated/α-hetero) is 1. The van der Waals surface area contributed by atoms with Crippen molar-refractivity contribution in [3.05, 3.63) is 0 Å². The molecule has 0 fully saturated rings. The Kier molecular flexibility index (Phi) is 4.60. The summed E-state index contributed by atoms with van der Waals surface area (Å²) in [5, 5.41) is 20.7. The van der Waals surface area contributed by atoms with Gasteiger partial charge in [-0.2, -0.15) is 0 Å². The minimum atomic E-state index is -2.08. The number of ether oxygens (including phenoxy) is 1. The number of carbonyl (C=O) groups excluding carboxylic acids is 2. The lowest BCUT2D eigenvalue weighted by Gasteiger charge is -2.41. The summed E-state index contributed by atoms with van der Waals surface area (Å²) in [4.78, 5) is 22.0. The maximum atomic E-state index is 11.4. The van der Waals surface area contributed by atoms with Gasteiger partial charge in [-0.1, -0.05) is 0 Å². The van der Waals surface area contributed by atoms with Crippen LogP contribution in [0, 0.1) is 0 Å². The van der Waals surface area contributed by atoms with Crippen molar-refractivity contribution in [2.75, 3.05) is 28.3 Å². The Morgan fingerprint density at radius 3 is 2.06 bits per heavy atom. The van der Waals surface area contributed by atoms with E-state index in [2.05, 4.69) is 0 Å². The van der Waals surface area contributed by atoms with Gasteiger partial charge in [0.15, 0.2) is 5.78 Å². The quantitative estimate of drug-likeness (QED) is 0.429. The van der Waals surface area contributed by atoms with Crippen molar-refractivity contribution >= 4 is 11.8 Å². The molecule has 0 aromatic rings. The van der Waals surface area contributed by atoms with Crippen molar-refractivity contribution in [1.29, 1.82) is 0 Å². The summed E-state index contributed by atoms with van der Waals surface area (Å²) in [7, 11) is 6.39. The number of carboxylic acids is 1. The number of nitrogens with zero attached hydrogens (tertiary/aromatic N) is 1.